The lowest BCUT2D eigenvalue weighted by Crippen LogP contribution is -2.18. The number of methoxy groups -OCH3 is 1. The van der Waals surface area contributed by atoms with Crippen molar-refractivity contribution in [3.05, 3.63) is 0 Å². The van der Waals surface area contributed by atoms with E-state index in [1.807, 2.05) is 0 Å². The highest BCUT2D eigenvalue weighted by atomic mass is 16.6. The fraction of sp³-hybridized carbons (Fsp3) is 0.750. The molecule has 0 N–H and O–H groups in total. The van der Waals surface area contributed by atoms with Gasteiger partial charge in [0, 0.05) is 13.5 Å². The van der Waals surface area contributed by atoms with E-state index in [1.54, 1.807) is 14.0 Å². The number of hydrogen-bond donors (Lipinski definition) is 0. The molecule has 12 heavy (non-hydrogen) atoms. The van der Waals surface area contributed by atoms with E-state index in [9.17, 15) is 9.59 Å². The van der Waals surface area contributed by atoms with Crippen LogP contribution < -0.4 is 0 Å². The molecular weight excluding hydrogens is 160 g/mol. The molecule has 0 atom stereocenters. The third-order valence-corrected chi connectivity index (χ3v) is 1.23. The van der Waals surface area contributed by atoms with Crippen LogP contribution in [0.3, 0.4) is 0 Å². The van der Waals surface area contributed by atoms with Crippen molar-refractivity contribution >= 4 is 11.8 Å². The zero-order valence-corrected chi connectivity index (χ0v) is 7.46. The van der Waals surface area contributed by atoms with E-state index in [-0.39, 0.29) is 11.8 Å². The average molecular weight is 174 g/mol. The number of hydrogen-bond acceptors (Lipinski definition) is 4. The van der Waals surface area contributed by atoms with Crippen LogP contribution in [0, 0.1) is 0 Å². The molecule has 1 aliphatic rings. The van der Waals surface area contributed by atoms with Gasteiger partial charge >= 0.3 is 5.97 Å². The van der Waals surface area contributed by atoms with Gasteiger partial charge in [-0.3, -0.25) is 9.59 Å². The maximum absolute atomic E-state index is 10.1. The van der Waals surface area contributed by atoms with Crippen molar-refractivity contribution in [2.24, 2.45) is 0 Å². The Kier molecular flexibility index (Phi) is 6.28. The van der Waals surface area contributed by atoms with E-state index >= 15 is 0 Å². The maximum Gasteiger partial charge on any atom is 0.309 e. The van der Waals surface area contributed by atoms with Crippen molar-refractivity contribution < 1.29 is 19.1 Å². The van der Waals surface area contributed by atoms with E-state index < -0.39 is 0 Å². The van der Waals surface area contributed by atoms with Crippen molar-refractivity contribution in [3.63, 3.8) is 0 Å². The Balaban J connectivity index is 0.000000211. The van der Waals surface area contributed by atoms with Crippen molar-refractivity contribution in [1.82, 2.24) is 0 Å². The van der Waals surface area contributed by atoms with E-state index in [4.69, 9.17) is 0 Å². The van der Waals surface area contributed by atoms with Crippen LogP contribution in [0.2, 0.25) is 0 Å². The largest absolute Gasteiger partial charge is 0.465 e. The van der Waals surface area contributed by atoms with Gasteiger partial charge in [-0.05, 0) is 6.92 Å². The van der Waals surface area contributed by atoms with Gasteiger partial charge in [0.2, 0.25) is 0 Å². The Bertz CT molecular complexity index is 147. The second-order valence-corrected chi connectivity index (χ2v) is 2.42. The minimum Gasteiger partial charge on any atom is -0.465 e. The molecular formula is C8H14O4. The SMILES string of the molecule is COCCC(C)=O.O=C1CCO1. The Morgan fingerprint density at radius 3 is 2.25 bits per heavy atom. The van der Waals surface area contributed by atoms with Crippen molar-refractivity contribution in [2.45, 2.75) is 19.8 Å². The smallest absolute Gasteiger partial charge is 0.309 e. The van der Waals surface area contributed by atoms with E-state index in [0.717, 1.165) is 0 Å². The van der Waals surface area contributed by atoms with Crippen LogP contribution in [0.15, 0.2) is 0 Å². The summed E-state index contributed by atoms with van der Waals surface area (Å²) in [4.78, 5) is 19.8. The van der Waals surface area contributed by atoms with Crippen LogP contribution in [0.1, 0.15) is 19.8 Å². The van der Waals surface area contributed by atoms with Gasteiger partial charge in [-0.25, -0.2) is 0 Å². The molecule has 1 heterocycles. The molecule has 1 fully saturated rings. The van der Waals surface area contributed by atoms with Crippen molar-refractivity contribution in [2.75, 3.05) is 20.3 Å². The van der Waals surface area contributed by atoms with Gasteiger partial charge in [-0.2, -0.15) is 0 Å². The third-order valence-electron chi connectivity index (χ3n) is 1.23. The Morgan fingerprint density at radius 2 is 2.17 bits per heavy atom. The van der Waals surface area contributed by atoms with Crippen LogP contribution in [-0.2, 0) is 19.1 Å². The lowest BCUT2D eigenvalue weighted by Gasteiger charge is -2.09. The second-order valence-electron chi connectivity index (χ2n) is 2.42. The highest BCUT2D eigenvalue weighted by molar-refractivity contribution is 5.75. The first kappa shape index (κ1) is 11.1. The third kappa shape index (κ3) is 7.21. The zero-order valence-electron chi connectivity index (χ0n) is 7.46. The standard InChI is InChI=1S/C5H10O2.C3H4O2/c1-5(6)3-4-7-2;4-3-1-2-5-3/h3-4H2,1-2H3;1-2H2. The molecule has 0 aromatic rings. The first-order chi connectivity index (χ1) is 5.66. The highest BCUT2D eigenvalue weighted by Gasteiger charge is 2.10. The summed E-state index contributed by atoms with van der Waals surface area (Å²) in [6, 6.07) is 0. The van der Waals surface area contributed by atoms with E-state index in [2.05, 4.69) is 9.47 Å². The summed E-state index contributed by atoms with van der Waals surface area (Å²) in [5.41, 5.74) is 0. The highest BCUT2D eigenvalue weighted by Crippen LogP contribution is 1.97. The van der Waals surface area contributed by atoms with Gasteiger partial charge in [0.15, 0.2) is 0 Å². The van der Waals surface area contributed by atoms with E-state index in [0.29, 0.717) is 26.1 Å². The predicted molar refractivity (Wildman–Crippen MR) is 42.8 cm³/mol. The number of ketones is 1. The van der Waals surface area contributed by atoms with Gasteiger partial charge < -0.3 is 9.47 Å². The molecule has 0 radical (unpaired) electrons. The normalized spacial score (nSPS) is 13.7. The molecule has 1 aliphatic heterocycles. The minimum absolute atomic E-state index is 0.0648. The van der Waals surface area contributed by atoms with Crippen LogP contribution in [0.5, 0.6) is 0 Å². The fourth-order valence-corrected chi connectivity index (χ4v) is 0.431. The van der Waals surface area contributed by atoms with Gasteiger partial charge in [0.25, 0.3) is 0 Å². The first-order valence-corrected chi connectivity index (χ1v) is 3.81. The van der Waals surface area contributed by atoms with Crippen molar-refractivity contribution in [1.29, 1.82) is 0 Å². The molecule has 0 aromatic heterocycles. The minimum atomic E-state index is -0.0648. The fourth-order valence-electron chi connectivity index (χ4n) is 0.431. The quantitative estimate of drug-likeness (QED) is 0.586. The molecule has 70 valence electrons. The number of carbonyl (C=O) groups is 2. The zero-order chi connectivity index (χ0) is 9.40. The van der Waals surface area contributed by atoms with Gasteiger partial charge in [0.05, 0.1) is 13.0 Å². The molecule has 0 bridgehead atoms. The summed E-state index contributed by atoms with van der Waals surface area (Å²) in [6.07, 6.45) is 1.16. The van der Waals surface area contributed by atoms with Crippen molar-refractivity contribution in [3.8, 4) is 0 Å². The first-order valence-electron chi connectivity index (χ1n) is 3.81. The Labute approximate surface area is 71.8 Å². The lowest BCUT2D eigenvalue weighted by atomic mass is 10.3. The molecule has 0 unspecified atom stereocenters. The van der Waals surface area contributed by atoms with Crippen LogP contribution in [-0.4, -0.2) is 32.1 Å². The molecule has 4 heteroatoms. The molecule has 1 rings (SSSR count). The summed E-state index contributed by atoms with van der Waals surface area (Å²) < 4.78 is 8.92. The van der Waals surface area contributed by atoms with Crippen LogP contribution >= 0.6 is 0 Å². The predicted octanol–water partition coefficient (Wildman–Crippen LogP) is 0.545. The topological polar surface area (TPSA) is 52.6 Å². The van der Waals surface area contributed by atoms with Gasteiger partial charge in [-0.15, -0.1) is 0 Å². The monoisotopic (exact) mass is 174 g/mol. The van der Waals surface area contributed by atoms with Gasteiger partial charge in [0.1, 0.15) is 12.4 Å². The Morgan fingerprint density at radius 1 is 1.67 bits per heavy atom. The number of esters is 1. The number of rotatable bonds is 3. The molecule has 4 nitrogen and oxygen atoms in total. The summed E-state index contributed by atoms with van der Waals surface area (Å²) in [6.45, 7) is 2.74. The summed E-state index contributed by atoms with van der Waals surface area (Å²) in [5, 5.41) is 0. The van der Waals surface area contributed by atoms with Crippen LogP contribution in [0.25, 0.3) is 0 Å². The van der Waals surface area contributed by atoms with E-state index in [1.165, 1.54) is 0 Å². The summed E-state index contributed by atoms with van der Waals surface area (Å²) in [5.74, 6) is 0.117. The molecule has 0 aliphatic carbocycles. The Hall–Kier alpha value is -0.900. The molecule has 0 saturated carbocycles. The average Bonchev–Trinajstić information content (AvgIpc) is 1.98. The molecule has 0 amide bonds. The number of carbonyl (C=O) groups excluding carboxylic acids is 2. The molecule has 0 spiro atoms. The number of Topliss-reactive ketones (excluding diaryl/α,β-unsaturated/α-hetero) is 1. The number of ether oxygens (including phenoxy) is 2. The molecule has 0 aromatic carbocycles. The maximum atomic E-state index is 10.1. The number of cyclic esters (lactones) is 1. The van der Waals surface area contributed by atoms with Crippen LogP contribution in [0.4, 0.5) is 0 Å². The summed E-state index contributed by atoms with van der Waals surface area (Å²) in [7, 11) is 1.59. The van der Waals surface area contributed by atoms with Gasteiger partial charge in [-0.1, -0.05) is 0 Å². The lowest BCUT2D eigenvalue weighted by molar-refractivity contribution is -0.157. The molecule has 1 saturated heterocycles. The summed E-state index contributed by atoms with van der Waals surface area (Å²) >= 11 is 0. The second kappa shape index (κ2) is 6.79.